The van der Waals surface area contributed by atoms with E-state index < -0.39 is 0 Å². The van der Waals surface area contributed by atoms with Crippen LogP contribution >= 0.6 is 0 Å². The lowest BCUT2D eigenvalue weighted by Crippen LogP contribution is -2.26. The normalized spacial score (nSPS) is 10.4. The quantitative estimate of drug-likeness (QED) is 0.414. The summed E-state index contributed by atoms with van der Waals surface area (Å²) in [4.78, 5) is 6.58. The molecule has 0 aliphatic carbocycles. The highest BCUT2D eigenvalue weighted by Gasteiger charge is 1.99. The molecule has 2 heterocycles. The third-order valence-electron chi connectivity index (χ3n) is 1.37. The van der Waals surface area contributed by atoms with Gasteiger partial charge in [0.25, 0.3) is 6.33 Å². The van der Waals surface area contributed by atoms with E-state index in [0.29, 0.717) is 5.52 Å². The standard InChI is InChI=1S/C6H5N3O/c10-9-4-7-3-5-6(9)1-2-8-5/h1-4,8H. The van der Waals surface area contributed by atoms with Gasteiger partial charge in [-0.1, -0.05) is 4.98 Å². The topological polar surface area (TPSA) is 55.6 Å². The number of aromatic nitrogens is 3. The van der Waals surface area contributed by atoms with Crippen LogP contribution in [0.1, 0.15) is 0 Å². The first kappa shape index (κ1) is 5.22. The van der Waals surface area contributed by atoms with Gasteiger partial charge in [-0.25, -0.2) is 4.73 Å². The van der Waals surface area contributed by atoms with E-state index >= 15 is 0 Å². The maximum atomic E-state index is 10.9. The highest BCUT2D eigenvalue weighted by atomic mass is 16.5. The first-order chi connectivity index (χ1) is 4.88. The fourth-order valence-electron chi connectivity index (χ4n) is 0.900. The molecule has 0 fully saturated rings. The molecule has 10 heavy (non-hydrogen) atoms. The second-order valence-corrected chi connectivity index (χ2v) is 2.00. The molecule has 0 aliphatic rings. The van der Waals surface area contributed by atoms with E-state index in [1.165, 1.54) is 6.33 Å². The summed E-state index contributed by atoms with van der Waals surface area (Å²) in [5.41, 5.74) is 1.38. The van der Waals surface area contributed by atoms with Crippen LogP contribution in [-0.4, -0.2) is 9.97 Å². The van der Waals surface area contributed by atoms with Crippen LogP contribution in [0, 0.1) is 5.21 Å². The van der Waals surface area contributed by atoms with Crippen LogP contribution in [0.5, 0.6) is 0 Å². The van der Waals surface area contributed by atoms with Gasteiger partial charge in [-0.2, -0.15) is 0 Å². The molecule has 2 aromatic heterocycles. The van der Waals surface area contributed by atoms with Crippen LogP contribution in [0.4, 0.5) is 0 Å². The molecule has 2 aromatic rings. The largest absolute Gasteiger partial charge is 0.710 e. The van der Waals surface area contributed by atoms with Crippen molar-refractivity contribution in [2.45, 2.75) is 0 Å². The van der Waals surface area contributed by atoms with Crippen molar-refractivity contribution in [2.24, 2.45) is 0 Å². The van der Waals surface area contributed by atoms with Crippen LogP contribution in [0.25, 0.3) is 11.0 Å². The van der Waals surface area contributed by atoms with E-state index in [2.05, 4.69) is 9.97 Å². The second kappa shape index (κ2) is 1.70. The van der Waals surface area contributed by atoms with Gasteiger partial charge < -0.3 is 10.2 Å². The number of fused-ring (bicyclic) bond motifs is 1. The Morgan fingerprint density at radius 2 is 2.50 bits per heavy atom. The molecule has 0 radical (unpaired) electrons. The molecule has 0 saturated heterocycles. The molecule has 0 aliphatic heterocycles. The Kier molecular flexibility index (Phi) is 0.887. The van der Waals surface area contributed by atoms with Crippen molar-refractivity contribution in [2.75, 3.05) is 0 Å². The van der Waals surface area contributed by atoms with Crippen LogP contribution in [0.3, 0.4) is 0 Å². The molecule has 1 N–H and O–H groups in total. The Bertz CT molecular complexity index is 355. The molecule has 4 heteroatoms. The predicted molar refractivity (Wildman–Crippen MR) is 35.1 cm³/mol. The second-order valence-electron chi connectivity index (χ2n) is 2.00. The van der Waals surface area contributed by atoms with Gasteiger partial charge >= 0.3 is 0 Å². The monoisotopic (exact) mass is 135 g/mol. The number of aromatic amines is 1. The van der Waals surface area contributed by atoms with Crippen LogP contribution in [-0.2, 0) is 0 Å². The number of nitrogens with zero attached hydrogens (tertiary/aromatic N) is 2. The number of nitrogens with one attached hydrogen (secondary N) is 1. The average Bonchev–Trinajstić information content (AvgIpc) is 2.36. The minimum absolute atomic E-state index is 0.620. The maximum Gasteiger partial charge on any atom is 0.289 e. The summed E-state index contributed by atoms with van der Waals surface area (Å²) in [7, 11) is 0. The first-order valence-electron chi connectivity index (χ1n) is 2.88. The summed E-state index contributed by atoms with van der Waals surface area (Å²) in [5.74, 6) is 0. The number of hydrogen-bond acceptors (Lipinski definition) is 2. The van der Waals surface area contributed by atoms with Gasteiger partial charge in [0.1, 0.15) is 5.52 Å². The van der Waals surface area contributed by atoms with Gasteiger partial charge in [0.15, 0.2) is 11.7 Å². The third kappa shape index (κ3) is 0.556. The summed E-state index contributed by atoms with van der Waals surface area (Å²) >= 11 is 0. The highest BCUT2D eigenvalue weighted by molar-refractivity contribution is 5.69. The lowest BCUT2D eigenvalue weighted by molar-refractivity contribution is -0.580. The number of H-pyrrole nitrogens is 1. The van der Waals surface area contributed by atoms with Crippen molar-refractivity contribution in [3.05, 3.63) is 30.0 Å². The number of hydrogen-bond donors (Lipinski definition) is 1. The minimum atomic E-state index is 0.620. The van der Waals surface area contributed by atoms with Crippen LogP contribution in [0.2, 0.25) is 0 Å². The van der Waals surface area contributed by atoms with Crippen LogP contribution < -0.4 is 4.73 Å². The van der Waals surface area contributed by atoms with Gasteiger partial charge in [0.05, 0.1) is 0 Å². The lowest BCUT2D eigenvalue weighted by atomic mass is 10.5. The molecule has 0 saturated carbocycles. The molecule has 4 nitrogen and oxygen atoms in total. The summed E-state index contributed by atoms with van der Waals surface area (Å²) in [6.45, 7) is 0. The third-order valence-corrected chi connectivity index (χ3v) is 1.37. The molecular weight excluding hydrogens is 130 g/mol. The van der Waals surface area contributed by atoms with Gasteiger partial charge in [0, 0.05) is 12.3 Å². The van der Waals surface area contributed by atoms with Crippen molar-refractivity contribution < 1.29 is 4.73 Å². The Labute approximate surface area is 56.7 Å². The van der Waals surface area contributed by atoms with E-state index in [4.69, 9.17) is 0 Å². The van der Waals surface area contributed by atoms with Crippen molar-refractivity contribution in [3.63, 3.8) is 0 Å². The molecule has 50 valence electrons. The van der Waals surface area contributed by atoms with E-state index in [9.17, 15) is 5.21 Å². The van der Waals surface area contributed by atoms with Crippen LogP contribution in [0.15, 0.2) is 24.8 Å². The number of rotatable bonds is 0. The highest BCUT2D eigenvalue weighted by Crippen LogP contribution is 2.02. The van der Waals surface area contributed by atoms with Crippen molar-refractivity contribution in [1.29, 1.82) is 0 Å². The smallest absolute Gasteiger partial charge is 0.289 e. The van der Waals surface area contributed by atoms with Crippen molar-refractivity contribution >= 4 is 11.0 Å². The van der Waals surface area contributed by atoms with E-state index in [-0.39, 0.29) is 0 Å². The summed E-state index contributed by atoms with van der Waals surface area (Å²) in [6.07, 6.45) is 4.56. The van der Waals surface area contributed by atoms with E-state index in [1.807, 2.05) is 0 Å². The fourth-order valence-corrected chi connectivity index (χ4v) is 0.900. The molecule has 0 atom stereocenters. The molecule has 0 amide bonds. The van der Waals surface area contributed by atoms with Gasteiger partial charge in [-0.3, -0.25) is 0 Å². The Morgan fingerprint density at radius 3 is 3.30 bits per heavy atom. The fraction of sp³-hybridized carbons (Fsp3) is 0. The minimum Gasteiger partial charge on any atom is -0.710 e. The summed E-state index contributed by atoms with van der Waals surface area (Å²) in [6, 6.07) is 1.71. The average molecular weight is 135 g/mol. The first-order valence-corrected chi connectivity index (χ1v) is 2.88. The van der Waals surface area contributed by atoms with E-state index in [1.54, 1.807) is 18.5 Å². The van der Waals surface area contributed by atoms with Crippen molar-refractivity contribution in [1.82, 2.24) is 9.97 Å². The van der Waals surface area contributed by atoms with Crippen molar-refractivity contribution in [3.8, 4) is 0 Å². The molecular formula is C6H5N3O. The molecule has 0 unspecified atom stereocenters. The molecule has 0 bridgehead atoms. The Balaban J connectivity index is 2.95. The zero-order chi connectivity index (χ0) is 6.97. The Hall–Kier alpha value is -1.58. The molecule has 0 aromatic carbocycles. The summed E-state index contributed by atoms with van der Waals surface area (Å²) in [5, 5.41) is 10.9. The maximum absolute atomic E-state index is 10.9. The zero-order valence-corrected chi connectivity index (χ0v) is 5.11. The molecule has 0 spiro atoms. The van der Waals surface area contributed by atoms with Gasteiger partial charge in [-0.15, -0.1) is 0 Å². The lowest BCUT2D eigenvalue weighted by Gasteiger charge is -1.97. The zero-order valence-electron chi connectivity index (χ0n) is 5.11. The van der Waals surface area contributed by atoms with E-state index in [0.717, 1.165) is 10.2 Å². The Morgan fingerprint density at radius 1 is 1.60 bits per heavy atom. The SMILES string of the molecule is [O-][n+]1cncc2[nH]ccc21. The predicted octanol–water partition coefficient (Wildman–Crippen LogP) is 0.196. The van der Waals surface area contributed by atoms with Gasteiger partial charge in [0.2, 0.25) is 0 Å². The van der Waals surface area contributed by atoms with Gasteiger partial charge in [-0.05, 0) is 0 Å². The summed E-state index contributed by atoms with van der Waals surface area (Å²) < 4.78 is 0.728. The molecule has 2 rings (SSSR count).